The summed E-state index contributed by atoms with van der Waals surface area (Å²) in [5.41, 5.74) is 5.01. The van der Waals surface area contributed by atoms with Gasteiger partial charge in [0.25, 0.3) is 0 Å². The van der Waals surface area contributed by atoms with Gasteiger partial charge >= 0.3 is 5.97 Å². The lowest BCUT2D eigenvalue weighted by atomic mass is 10.0. The van der Waals surface area contributed by atoms with Crippen molar-refractivity contribution in [3.63, 3.8) is 0 Å². The first-order valence-corrected chi connectivity index (χ1v) is 13.9. The van der Waals surface area contributed by atoms with E-state index < -0.39 is 12.0 Å². The second-order valence-corrected chi connectivity index (χ2v) is 10.7. The Hall–Kier alpha value is -4.27. The van der Waals surface area contributed by atoms with Crippen molar-refractivity contribution in [2.45, 2.75) is 77.8 Å². The van der Waals surface area contributed by atoms with Gasteiger partial charge in [0.05, 0.1) is 6.54 Å². The number of carbonyl (C=O) groups is 3. The monoisotopic (exact) mass is 541 g/mol. The third-order valence-corrected chi connectivity index (χ3v) is 7.58. The number of carboxylic acids is 1. The number of fused-ring (bicyclic) bond motifs is 1. The normalized spacial score (nSPS) is 13.9. The number of aromatic nitrogens is 4. The van der Waals surface area contributed by atoms with E-state index in [0.717, 1.165) is 46.3 Å². The van der Waals surface area contributed by atoms with E-state index in [9.17, 15) is 14.4 Å². The fourth-order valence-electron chi connectivity index (χ4n) is 5.08. The predicted octanol–water partition coefficient (Wildman–Crippen LogP) is 5.67. The van der Waals surface area contributed by atoms with Gasteiger partial charge in [0.15, 0.2) is 11.6 Å². The number of hydrogen-bond acceptors (Lipinski definition) is 5. The van der Waals surface area contributed by atoms with Crippen molar-refractivity contribution in [3.05, 3.63) is 77.0 Å². The van der Waals surface area contributed by atoms with Gasteiger partial charge in [0.2, 0.25) is 5.91 Å². The number of anilines is 1. The summed E-state index contributed by atoms with van der Waals surface area (Å²) in [6.45, 7) is 6.19. The summed E-state index contributed by atoms with van der Waals surface area (Å²) in [5.74, 6) is 0.370. The molecule has 4 aromatic rings. The number of carboxylic acid groups (broad SMARTS) is 1. The summed E-state index contributed by atoms with van der Waals surface area (Å²) in [7, 11) is 0. The molecule has 1 unspecified atom stereocenters. The molecular weight excluding hydrogens is 506 g/mol. The highest BCUT2D eigenvalue weighted by molar-refractivity contribution is 6.01. The molecule has 2 aromatic heterocycles. The molecule has 5 rings (SSSR count). The minimum Gasteiger partial charge on any atom is -0.481 e. The smallest absolute Gasteiger partial charge is 0.303 e. The van der Waals surface area contributed by atoms with Crippen molar-refractivity contribution in [1.29, 1.82) is 0 Å². The SMILES string of the molecule is CCC(=O)c1ccc2c(C)cn(C(C)C(=O)Nc3cc(Cn4cnc(C5CC5)n4)ccc3CCCC(=O)O)c2c1. The fourth-order valence-corrected chi connectivity index (χ4v) is 5.08. The Bertz CT molecular complexity index is 1580. The van der Waals surface area contributed by atoms with Gasteiger partial charge in [-0.15, -0.1) is 0 Å². The van der Waals surface area contributed by atoms with Gasteiger partial charge in [0.1, 0.15) is 12.4 Å². The van der Waals surface area contributed by atoms with Crippen molar-refractivity contribution in [2.75, 3.05) is 5.32 Å². The van der Waals surface area contributed by atoms with Crippen LogP contribution in [0.3, 0.4) is 0 Å². The number of nitrogens with zero attached hydrogens (tertiary/aromatic N) is 4. The largest absolute Gasteiger partial charge is 0.481 e. The first kappa shape index (κ1) is 27.3. The zero-order chi connectivity index (χ0) is 28.4. The third kappa shape index (κ3) is 5.98. The van der Waals surface area contributed by atoms with Crippen LogP contribution in [0, 0.1) is 6.92 Å². The Morgan fingerprint density at radius 2 is 1.95 bits per heavy atom. The minimum atomic E-state index is -0.843. The number of ketones is 1. The highest BCUT2D eigenvalue weighted by Gasteiger charge is 2.27. The van der Waals surface area contributed by atoms with Crippen LogP contribution in [0.15, 0.2) is 48.9 Å². The molecule has 1 saturated carbocycles. The molecule has 9 nitrogen and oxygen atoms in total. The Balaban J connectivity index is 1.40. The molecule has 2 heterocycles. The molecule has 2 aromatic carbocycles. The summed E-state index contributed by atoms with van der Waals surface area (Å²) in [6.07, 6.45) is 7.43. The first-order chi connectivity index (χ1) is 19.2. The first-order valence-electron chi connectivity index (χ1n) is 13.9. The van der Waals surface area contributed by atoms with E-state index in [-0.39, 0.29) is 18.1 Å². The second kappa shape index (κ2) is 11.5. The molecule has 0 bridgehead atoms. The number of Topliss-reactive ketones (excluding diaryl/α,β-unsaturated/α-hetero) is 1. The van der Waals surface area contributed by atoms with Crippen molar-refractivity contribution in [1.82, 2.24) is 19.3 Å². The topological polar surface area (TPSA) is 119 Å². The average Bonchev–Trinajstić information content (AvgIpc) is 3.60. The standard InChI is InChI=1S/C31H35N5O4/c1-4-28(37)24-12-13-25-19(2)16-36(27(25)15-24)20(3)31(40)33-26-14-21(8-9-22(26)6-5-7-29(38)39)17-35-18-32-30(34-35)23-10-11-23/h8-9,12-16,18,20,23H,4-7,10-11,17H2,1-3H3,(H,33,40)(H,38,39). The van der Waals surface area contributed by atoms with Gasteiger partial charge in [-0.2, -0.15) is 5.10 Å². The number of rotatable bonds is 12. The lowest BCUT2D eigenvalue weighted by Gasteiger charge is -2.18. The number of aryl methyl sites for hydroxylation is 2. The Labute approximate surface area is 233 Å². The number of benzene rings is 2. The summed E-state index contributed by atoms with van der Waals surface area (Å²) in [5, 5.41) is 17.8. The van der Waals surface area contributed by atoms with Crippen LogP contribution in [0.1, 0.15) is 90.8 Å². The molecule has 1 aliphatic rings. The zero-order valence-corrected chi connectivity index (χ0v) is 23.2. The Kier molecular flexibility index (Phi) is 7.82. The van der Waals surface area contributed by atoms with Crippen molar-refractivity contribution in [3.8, 4) is 0 Å². The molecule has 1 atom stereocenters. The van der Waals surface area contributed by atoms with Gasteiger partial charge < -0.3 is 15.0 Å². The van der Waals surface area contributed by atoms with E-state index in [2.05, 4.69) is 15.4 Å². The van der Waals surface area contributed by atoms with E-state index in [1.165, 1.54) is 0 Å². The van der Waals surface area contributed by atoms with Crippen LogP contribution in [0.5, 0.6) is 0 Å². The molecule has 9 heteroatoms. The lowest BCUT2D eigenvalue weighted by molar-refractivity contribution is -0.137. The highest BCUT2D eigenvalue weighted by atomic mass is 16.4. The summed E-state index contributed by atoms with van der Waals surface area (Å²) < 4.78 is 3.72. The maximum Gasteiger partial charge on any atom is 0.303 e. The summed E-state index contributed by atoms with van der Waals surface area (Å²) in [4.78, 5) is 41.5. The molecule has 1 aliphatic carbocycles. The van der Waals surface area contributed by atoms with Crippen LogP contribution >= 0.6 is 0 Å². The van der Waals surface area contributed by atoms with E-state index in [4.69, 9.17) is 5.11 Å². The van der Waals surface area contributed by atoms with Crippen molar-refractivity contribution in [2.24, 2.45) is 0 Å². The van der Waals surface area contributed by atoms with Crippen LogP contribution < -0.4 is 5.32 Å². The molecule has 0 radical (unpaired) electrons. The second-order valence-electron chi connectivity index (χ2n) is 10.7. The number of hydrogen-bond donors (Lipinski definition) is 2. The molecule has 1 amide bonds. The number of amides is 1. The summed E-state index contributed by atoms with van der Waals surface area (Å²) in [6, 6.07) is 11.0. The van der Waals surface area contributed by atoms with Crippen LogP contribution in [-0.4, -0.2) is 42.1 Å². The lowest BCUT2D eigenvalue weighted by Crippen LogP contribution is -2.24. The highest BCUT2D eigenvalue weighted by Crippen LogP contribution is 2.37. The van der Waals surface area contributed by atoms with Gasteiger partial charge in [-0.1, -0.05) is 31.2 Å². The van der Waals surface area contributed by atoms with Gasteiger partial charge in [-0.25, -0.2) is 9.67 Å². The molecule has 0 spiro atoms. The Morgan fingerprint density at radius 1 is 1.15 bits per heavy atom. The van der Waals surface area contributed by atoms with Crippen molar-refractivity contribution >= 4 is 34.3 Å². The summed E-state index contributed by atoms with van der Waals surface area (Å²) >= 11 is 0. The maximum absolute atomic E-state index is 13.6. The number of nitrogens with one attached hydrogen (secondary N) is 1. The van der Waals surface area contributed by atoms with Gasteiger partial charge in [-0.3, -0.25) is 14.4 Å². The molecule has 2 N–H and O–H groups in total. The molecule has 1 fully saturated rings. The zero-order valence-electron chi connectivity index (χ0n) is 23.2. The quantitative estimate of drug-likeness (QED) is 0.223. The maximum atomic E-state index is 13.6. The van der Waals surface area contributed by atoms with E-state index >= 15 is 0 Å². The van der Waals surface area contributed by atoms with Crippen LogP contribution in [0.4, 0.5) is 5.69 Å². The van der Waals surface area contributed by atoms with Gasteiger partial charge in [0, 0.05) is 47.1 Å². The van der Waals surface area contributed by atoms with Crippen LogP contribution in [0.25, 0.3) is 10.9 Å². The van der Waals surface area contributed by atoms with Gasteiger partial charge in [-0.05, 0) is 68.4 Å². The molecule has 40 heavy (non-hydrogen) atoms. The van der Waals surface area contributed by atoms with E-state index in [0.29, 0.717) is 43.0 Å². The van der Waals surface area contributed by atoms with Crippen molar-refractivity contribution < 1.29 is 19.5 Å². The number of carbonyl (C=O) groups excluding carboxylic acids is 2. The predicted molar refractivity (Wildman–Crippen MR) is 153 cm³/mol. The minimum absolute atomic E-state index is 0.0574. The molecular formula is C31H35N5O4. The Morgan fingerprint density at radius 3 is 2.67 bits per heavy atom. The number of aliphatic carboxylic acids is 1. The van der Waals surface area contributed by atoms with E-state index in [1.54, 1.807) is 6.33 Å². The molecule has 0 saturated heterocycles. The van der Waals surface area contributed by atoms with E-state index in [1.807, 2.05) is 72.6 Å². The fraction of sp³-hybridized carbons (Fsp3) is 0.387. The van der Waals surface area contributed by atoms with Crippen LogP contribution in [0.2, 0.25) is 0 Å². The average molecular weight is 542 g/mol. The molecule has 0 aliphatic heterocycles. The third-order valence-electron chi connectivity index (χ3n) is 7.58. The van der Waals surface area contributed by atoms with Crippen LogP contribution in [-0.2, 0) is 22.6 Å². The molecule has 208 valence electrons.